The van der Waals surface area contributed by atoms with Gasteiger partial charge in [0.1, 0.15) is 17.4 Å². The van der Waals surface area contributed by atoms with Gasteiger partial charge in [-0.3, -0.25) is 0 Å². The van der Waals surface area contributed by atoms with Gasteiger partial charge in [-0.15, -0.1) is 0 Å². The molecule has 1 aliphatic rings. The van der Waals surface area contributed by atoms with Gasteiger partial charge in [-0.25, -0.2) is 17.8 Å². The predicted octanol–water partition coefficient (Wildman–Crippen LogP) is 4.72. The van der Waals surface area contributed by atoms with E-state index in [1.165, 1.54) is 22.5 Å². The van der Waals surface area contributed by atoms with Gasteiger partial charge in [-0.1, -0.05) is 24.3 Å². The molecule has 0 spiro atoms. The molecule has 6 nitrogen and oxygen atoms in total. The Morgan fingerprint density at radius 1 is 1.06 bits per heavy atom. The highest BCUT2D eigenvalue weighted by molar-refractivity contribution is 7.89. The zero-order valence-corrected chi connectivity index (χ0v) is 19.0. The Bertz CT molecular complexity index is 1420. The molecular weight excluding hydrogens is 441 g/mol. The van der Waals surface area contributed by atoms with Gasteiger partial charge in [0.25, 0.3) is 0 Å². The van der Waals surface area contributed by atoms with Gasteiger partial charge >= 0.3 is 0 Å². The van der Waals surface area contributed by atoms with Crippen molar-refractivity contribution in [1.29, 1.82) is 0 Å². The van der Waals surface area contributed by atoms with Gasteiger partial charge in [0, 0.05) is 30.8 Å². The first-order valence-corrected chi connectivity index (χ1v) is 12.3. The van der Waals surface area contributed by atoms with Crippen LogP contribution in [0.15, 0.2) is 77.8 Å². The third-order valence-corrected chi connectivity index (χ3v) is 7.96. The Hall–Kier alpha value is -3.23. The van der Waals surface area contributed by atoms with Crippen LogP contribution in [0.3, 0.4) is 0 Å². The number of fused-ring (bicyclic) bond motifs is 1. The van der Waals surface area contributed by atoms with Crippen LogP contribution < -0.4 is 4.74 Å². The minimum absolute atomic E-state index is 0.0202. The number of hydrogen-bond donors (Lipinski definition) is 0. The molecule has 1 fully saturated rings. The summed E-state index contributed by atoms with van der Waals surface area (Å²) in [5.41, 5.74) is 2.71. The SMILES string of the molecule is COc1cccc(-c2nc([C@@H]3CCCN(S(=O)(=O)c4cccc(F)c4)C3)n3ccccc23)c1. The molecule has 2 aromatic carbocycles. The molecule has 170 valence electrons. The maximum Gasteiger partial charge on any atom is 0.243 e. The van der Waals surface area contributed by atoms with Crippen LogP contribution in [0.1, 0.15) is 24.6 Å². The molecule has 0 bridgehead atoms. The lowest BCUT2D eigenvalue weighted by Gasteiger charge is -2.31. The molecule has 3 heterocycles. The highest BCUT2D eigenvalue weighted by Gasteiger charge is 2.33. The molecule has 5 rings (SSSR count). The van der Waals surface area contributed by atoms with E-state index in [-0.39, 0.29) is 10.8 Å². The van der Waals surface area contributed by atoms with Crippen molar-refractivity contribution in [3.63, 3.8) is 0 Å². The average molecular weight is 466 g/mol. The number of aromatic nitrogens is 2. The largest absolute Gasteiger partial charge is 0.497 e. The van der Waals surface area contributed by atoms with Gasteiger partial charge in [-0.05, 0) is 55.3 Å². The number of piperidine rings is 1. The Labute approximate surface area is 192 Å². The fourth-order valence-corrected chi connectivity index (χ4v) is 6.04. The lowest BCUT2D eigenvalue weighted by molar-refractivity contribution is 0.308. The minimum Gasteiger partial charge on any atom is -0.497 e. The molecule has 33 heavy (non-hydrogen) atoms. The monoisotopic (exact) mass is 465 g/mol. The molecule has 0 aliphatic carbocycles. The standard InChI is InChI=1S/C25H24FN3O3S/c1-32-21-10-4-7-18(15-21)24-23-12-2-3-14-29(23)25(27-24)19-8-6-13-28(17-19)33(30,31)22-11-5-9-20(26)16-22/h2-5,7,9-12,14-16,19H,6,8,13,17H2,1H3/t19-/m1/s1. The number of sulfonamides is 1. The maximum atomic E-state index is 13.7. The maximum absolute atomic E-state index is 13.7. The van der Waals surface area contributed by atoms with Crippen molar-refractivity contribution >= 4 is 15.5 Å². The van der Waals surface area contributed by atoms with E-state index < -0.39 is 15.8 Å². The Balaban J connectivity index is 1.53. The van der Waals surface area contributed by atoms with Gasteiger partial charge in [-0.2, -0.15) is 4.31 Å². The molecule has 0 unspecified atom stereocenters. The van der Waals surface area contributed by atoms with Crippen LogP contribution in [-0.2, 0) is 10.0 Å². The number of rotatable bonds is 5. The first kappa shape index (κ1) is 21.6. The van der Waals surface area contributed by atoms with E-state index in [2.05, 4.69) is 0 Å². The number of pyridine rings is 1. The number of ether oxygens (including phenoxy) is 1. The second-order valence-corrected chi connectivity index (χ2v) is 10.1. The number of hydrogen-bond acceptors (Lipinski definition) is 4. The number of methoxy groups -OCH3 is 1. The van der Waals surface area contributed by atoms with Crippen LogP contribution in [0, 0.1) is 5.82 Å². The van der Waals surface area contributed by atoms with Crippen LogP contribution >= 0.6 is 0 Å². The van der Waals surface area contributed by atoms with Crippen molar-refractivity contribution in [3.05, 3.63) is 84.6 Å². The fraction of sp³-hybridized carbons (Fsp3) is 0.240. The number of nitrogens with zero attached hydrogens (tertiary/aromatic N) is 3. The Kier molecular flexibility index (Phi) is 5.64. The zero-order chi connectivity index (χ0) is 23.0. The van der Waals surface area contributed by atoms with Crippen molar-refractivity contribution < 1.29 is 17.5 Å². The van der Waals surface area contributed by atoms with E-state index in [1.807, 2.05) is 53.1 Å². The lowest BCUT2D eigenvalue weighted by atomic mass is 9.99. The normalized spacial score (nSPS) is 17.3. The highest BCUT2D eigenvalue weighted by Crippen LogP contribution is 2.34. The molecule has 2 aromatic heterocycles. The molecule has 4 aromatic rings. The van der Waals surface area contributed by atoms with Crippen molar-refractivity contribution in [2.75, 3.05) is 20.2 Å². The van der Waals surface area contributed by atoms with E-state index in [0.717, 1.165) is 40.8 Å². The van der Waals surface area contributed by atoms with E-state index in [1.54, 1.807) is 7.11 Å². The van der Waals surface area contributed by atoms with Crippen molar-refractivity contribution in [3.8, 4) is 17.0 Å². The summed E-state index contributed by atoms with van der Waals surface area (Å²) >= 11 is 0. The summed E-state index contributed by atoms with van der Waals surface area (Å²) < 4.78 is 49.0. The highest BCUT2D eigenvalue weighted by atomic mass is 32.2. The summed E-state index contributed by atoms with van der Waals surface area (Å²) in [5.74, 6) is 0.918. The summed E-state index contributed by atoms with van der Waals surface area (Å²) in [6.45, 7) is 0.700. The molecule has 1 saturated heterocycles. The second kappa shape index (κ2) is 8.61. The van der Waals surface area contributed by atoms with Crippen molar-refractivity contribution in [2.45, 2.75) is 23.7 Å². The summed E-state index contributed by atoms with van der Waals surface area (Å²) in [6, 6.07) is 18.8. The third kappa shape index (κ3) is 4.00. The van der Waals surface area contributed by atoms with E-state index >= 15 is 0 Å². The molecular formula is C25H24FN3O3S. The quantitative estimate of drug-likeness (QED) is 0.428. The Morgan fingerprint density at radius 3 is 2.73 bits per heavy atom. The van der Waals surface area contributed by atoms with Crippen LogP contribution in [0.4, 0.5) is 4.39 Å². The van der Waals surface area contributed by atoms with Gasteiger partial charge in [0.05, 0.1) is 23.2 Å². The van der Waals surface area contributed by atoms with E-state index in [4.69, 9.17) is 9.72 Å². The predicted molar refractivity (Wildman–Crippen MR) is 124 cm³/mol. The molecule has 0 radical (unpaired) electrons. The summed E-state index contributed by atoms with van der Waals surface area (Å²) in [5, 5.41) is 0. The van der Waals surface area contributed by atoms with Crippen LogP contribution in [0.2, 0.25) is 0 Å². The smallest absolute Gasteiger partial charge is 0.243 e. The topological polar surface area (TPSA) is 63.9 Å². The van der Waals surface area contributed by atoms with Gasteiger partial charge in [0.15, 0.2) is 0 Å². The first-order valence-electron chi connectivity index (χ1n) is 10.8. The third-order valence-electron chi connectivity index (χ3n) is 6.10. The van der Waals surface area contributed by atoms with Crippen LogP contribution in [0.5, 0.6) is 5.75 Å². The molecule has 0 amide bonds. The second-order valence-electron chi connectivity index (χ2n) is 8.17. The molecule has 1 atom stereocenters. The molecule has 1 aliphatic heterocycles. The average Bonchev–Trinajstić information content (AvgIpc) is 3.24. The van der Waals surface area contributed by atoms with Crippen LogP contribution in [0.25, 0.3) is 16.8 Å². The lowest BCUT2D eigenvalue weighted by Crippen LogP contribution is -2.39. The van der Waals surface area contributed by atoms with Gasteiger partial charge < -0.3 is 9.14 Å². The van der Waals surface area contributed by atoms with E-state index in [9.17, 15) is 12.8 Å². The number of halogens is 1. The van der Waals surface area contributed by atoms with E-state index in [0.29, 0.717) is 19.5 Å². The summed E-state index contributed by atoms with van der Waals surface area (Å²) in [7, 11) is -2.16. The number of imidazole rings is 1. The Morgan fingerprint density at radius 2 is 1.91 bits per heavy atom. The first-order chi connectivity index (χ1) is 16.0. The molecule has 0 saturated carbocycles. The molecule has 0 N–H and O–H groups in total. The number of benzene rings is 2. The van der Waals surface area contributed by atoms with Crippen molar-refractivity contribution in [1.82, 2.24) is 13.7 Å². The molecule has 8 heteroatoms. The van der Waals surface area contributed by atoms with Gasteiger partial charge in [0.2, 0.25) is 10.0 Å². The fourth-order valence-electron chi connectivity index (χ4n) is 4.48. The minimum atomic E-state index is -3.79. The zero-order valence-electron chi connectivity index (χ0n) is 18.2. The van der Waals surface area contributed by atoms with Crippen LogP contribution in [-0.4, -0.2) is 42.3 Å². The summed E-state index contributed by atoms with van der Waals surface area (Å²) in [4.78, 5) is 4.97. The van der Waals surface area contributed by atoms with Crippen molar-refractivity contribution in [2.24, 2.45) is 0 Å². The summed E-state index contributed by atoms with van der Waals surface area (Å²) in [6.07, 6.45) is 3.48.